The van der Waals surface area contributed by atoms with Crippen molar-refractivity contribution in [3.05, 3.63) is 29.6 Å². The summed E-state index contributed by atoms with van der Waals surface area (Å²) in [5.41, 5.74) is 6.62. The summed E-state index contributed by atoms with van der Waals surface area (Å²) >= 11 is 0. The van der Waals surface area contributed by atoms with Gasteiger partial charge in [0.1, 0.15) is 18.2 Å². The van der Waals surface area contributed by atoms with Crippen LogP contribution in [0.2, 0.25) is 0 Å². The summed E-state index contributed by atoms with van der Waals surface area (Å²) in [7, 11) is 0. The number of aryl methyl sites for hydroxylation is 1. The summed E-state index contributed by atoms with van der Waals surface area (Å²) in [6, 6.07) is 4.55. The summed E-state index contributed by atoms with van der Waals surface area (Å²) in [4.78, 5) is 0. The molecule has 1 aromatic rings. The van der Waals surface area contributed by atoms with Crippen LogP contribution in [-0.2, 0) is 0 Å². The molecule has 0 bridgehead atoms. The van der Waals surface area contributed by atoms with Gasteiger partial charge in [0.25, 0.3) is 0 Å². The smallest absolute Gasteiger partial charge is 0.123 e. The van der Waals surface area contributed by atoms with Crippen molar-refractivity contribution in [1.29, 1.82) is 0 Å². The van der Waals surface area contributed by atoms with Crippen LogP contribution in [0.3, 0.4) is 0 Å². The molecular weight excluding hydrogens is 193 g/mol. The predicted octanol–water partition coefficient (Wildman–Crippen LogP) is 2.64. The normalized spacial score (nSPS) is 12.5. The minimum atomic E-state index is -0.238. The third kappa shape index (κ3) is 3.88. The van der Waals surface area contributed by atoms with Crippen molar-refractivity contribution >= 4 is 0 Å². The van der Waals surface area contributed by atoms with Gasteiger partial charge in [-0.15, -0.1) is 0 Å². The van der Waals surface area contributed by atoms with E-state index in [0.717, 1.165) is 18.4 Å². The molecule has 1 rings (SSSR count). The number of hydrogen-bond donors (Lipinski definition) is 1. The lowest BCUT2D eigenvalue weighted by atomic mass is 10.2. The van der Waals surface area contributed by atoms with E-state index in [9.17, 15) is 4.39 Å². The monoisotopic (exact) mass is 211 g/mol. The van der Waals surface area contributed by atoms with Gasteiger partial charge in [-0.05, 0) is 37.1 Å². The summed E-state index contributed by atoms with van der Waals surface area (Å²) in [5, 5.41) is 0. The predicted molar refractivity (Wildman–Crippen MR) is 59.5 cm³/mol. The summed E-state index contributed by atoms with van der Waals surface area (Å²) in [6.45, 7) is 4.40. The third-order valence-electron chi connectivity index (χ3n) is 2.25. The standard InChI is InChI=1S/C12H18FNO/c1-3-4-11(14)8-15-12-6-5-10(13)7-9(12)2/h5-7,11H,3-4,8,14H2,1-2H3. The zero-order chi connectivity index (χ0) is 11.3. The first-order valence-corrected chi connectivity index (χ1v) is 5.28. The van der Waals surface area contributed by atoms with E-state index < -0.39 is 0 Å². The lowest BCUT2D eigenvalue weighted by molar-refractivity contribution is 0.279. The maximum atomic E-state index is 12.8. The van der Waals surface area contributed by atoms with Crippen LogP contribution in [0, 0.1) is 12.7 Å². The van der Waals surface area contributed by atoms with Crippen molar-refractivity contribution in [1.82, 2.24) is 0 Å². The van der Waals surface area contributed by atoms with Gasteiger partial charge in [-0.3, -0.25) is 0 Å². The molecule has 0 amide bonds. The molecule has 0 saturated carbocycles. The van der Waals surface area contributed by atoms with E-state index in [1.807, 2.05) is 6.92 Å². The molecule has 0 saturated heterocycles. The van der Waals surface area contributed by atoms with Gasteiger partial charge < -0.3 is 10.5 Å². The van der Waals surface area contributed by atoms with Crippen LogP contribution in [0.5, 0.6) is 5.75 Å². The highest BCUT2D eigenvalue weighted by molar-refractivity contribution is 5.32. The van der Waals surface area contributed by atoms with Crippen molar-refractivity contribution in [3.63, 3.8) is 0 Å². The minimum absolute atomic E-state index is 0.0550. The molecule has 2 nitrogen and oxygen atoms in total. The van der Waals surface area contributed by atoms with Crippen LogP contribution >= 0.6 is 0 Å². The van der Waals surface area contributed by atoms with Gasteiger partial charge in [-0.2, -0.15) is 0 Å². The average molecular weight is 211 g/mol. The molecule has 0 aliphatic rings. The molecule has 1 aromatic carbocycles. The molecule has 84 valence electrons. The average Bonchev–Trinajstić information content (AvgIpc) is 2.17. The highest BCUT2D eigenvalue weighted by Gasteiger charge is 2.04. The molecule has 0 aromatic heterocycles. The van der Waals surface area contributed by atoms with Crippen LogP contribution in [0.4, 0.5) is 4.39 Å². The van der Waals surface area contributed by atoms with Gasteiger partial charge >= 0.3 is 0 Å². The second-order valence-corrected chi connectivity index (χ2v) is 3.77. The number of benzene rings is 1. The fourth-order valence-electron chi connectivity index (χ4n) is 1.43. The Kier molecular flexibility index (Phi) is 4.56. The topological polar surface area (TPSA) is 35.2 Å². The Balaban J connectivity index is 2.50. The van der Waals surface area contributed by atoms with Crippen LogP contribution < -0.4 is 10.5 Å². The maximum absolute atomic E-state index is 12.8. The van der Waals surface area contributed by atoms with Gasteiger partial charge in [-0.25, -0.2) is 4.39 Å². The molecule has 15 heavy (non-hydrogen) atoms. The molecule has 2 N–H and O–H groups in total. The lowest BCUT2D eigenvalue weighted by Gasteiger charge is -2.13. The second-order valence-electron chi connectivity index (χ2n) is 3.77. The van der Waals surface area contributed by atoms with Crippen LogP contribution in [0.15, 0.2) is 18.2 Å². The Bertz CT molecular complexity index is 314. The Morgan fingerprint density at radius 3 is 2.80 bits per heavy atom. The Morgan fingerprint density at radius 2 is 2.20 bits per heavy atom. The minimum Gasteiger partial charge on any atom is -0.492 e. The zero-order valence-electron chi connectivity index (χ0n) is 9.29. The quantitative estimate of drug-likeness (QED) is 0.812. The molecule has 0 fully saturated rings. The second kappa shape index (κ2) is 5.71. The fourth-order valence-corrected chi connectivity index (χ4v) is 1.43. The highest BCUT2D eigenvalue weighted by Crippen LogP contribution is 2.18. The first-order chi connectivity index (χ1) is 7.13. The lowest BCUT2D eigenvalue weighted by Crippen LogP contribution is -2.27. The first-order valence-electron chi connectivity index (χ1n) is 5.28. The van der Waals surface area contributed by atoms with E-state index in [1.165, 1.54) is 12.1 Å². The molecule has 0 radical (unpaired) electrons. The summed E-state index contributed by atoms with van der Waals surface area (Å²) in [6.07, 6.45) is 1.99. The van der Waals surface area contributed by atoms with Gasteiger partial charge in [0.15, 0.2) is 0 Å². The third-order valence-corrected chi connectivity index (χ3v) is 2.25. The van der Waals surface area contributed by atoms with Gasteiger partial charge in [0, 0.05) is 6.04 Å². The molecule has 0 aliphatic carbocycles. The molecular formula is C12H18FNO. The molecule has 3 heteroatoms. The number of rotatable bonds is 5. The fraction of sp³-hybridized carbons (Fsp3) is 0.500. The molecule has 0 spiro atoms. The van der Waals surface area contributed by atoms with Crippen molar-refractivity contribution in [2.24, 2.45) is 5.73 Å². The number of ether oxygens (including phenoxy) is 1. The van der Waals surface area contributed by atoms with Crippen molar-refractivity contribution < 1.29 is 9.13 Å². The van der Waals surface area contributed by atoms with E-state index in [4.69, 9.17) is 10.5 Å². The van der Waals surface area contributed by atoms with Gasteiger partial charge in [-0.1, -0.05) is 13.3 Å². The number of nitrogens with two attached hydrogens (primary N) is 1. The molecule has 0 heterocycles. The molecule has 1 unspecified atom stereocenters. The Morgan fingerprint density at radius 1 is 1.47 bits per heavy atom. The number of hydrogen-bond acceptors (Lipinski definition) is 2. The summed E-state index contributed by atoms with van der Waals surface area (Å²) < 4.78 is 18.3. The van der Waals surface area contributed by atoms with Crippen LogP contribution in [0.1, 0.15) is 25.3 Å². The van der Waals surface area contributed by atoms with E-state index >= 15 is 0 Å². The van der Waals surface area contributed by atoms with Crippen LogP contribution in [0.25, 0.3) is 0 Å². The zero-order valence-corrected chi connectivity index (χ0v) is 9.29. The van der Waals surface area contributed by atoms with E-state index in [0.29, 0.717) is 12.4 Å². The van der Waals surface area contributed by atoms with Gasteiger partial charge in [0.2, 0.25) is 0 Å². The largest absolute Gasteiger partial charge is 0.492 e. The Labute approximate surface area is 90.2 Å². The summed E-state index contributed by atoms with van der Waals surface area (Å²) in [5.74, 6) is 0.473. The maximum Gasteiger partial charge on any atom is 0.123 e. The molecule has 0 aliphatic heterocycles. The van der Waals surface area contributed by atoms with Crippen molar-refractivity contribution in [2.45, 2.75) is 32.7 Å². The first kappa shape index (κ1) is 12.0. The van der Waals surface area contributed by atoms with E-state index in [1.54, 1.807) is 6.07 Å². The SMILES string of the molecule is CCCC(N)COc1ccc(F)cc1C. The highest BCUT2D eigenvalue weighted by atomic mass is 19.1. The van der Waals surface area contributed by atoms with E-state index in [2.05, 4.69) is 6.92 Å². The van der Waals surface area contributed by atoms with E-state index in [-0.39, 0.29) is 11.9 Å². The van der Waals surface area contributed by atoms with Gasteiger partial charge in [0.05, 0.1) is 0 Å². The van der Waals surface area contributed by atoms with Crippen molar-refractivity contribution in [3.8, 4) is 5.75 Å². The van der Waals surface area contributed by atoms with Crippen molar-refractivity contribution in [2.75, 3.05) is 6.61 Å². The Hall–Kier alpha value is -1.09. The number of halogens is 1. The molecule has 1 atom stereocenters. The van der Waals surface area contributed by atoms with Crippen LogP contribution in [-0.4, -0.2) is 12.6 Å².